The van der Waals surface area contributed by atoms with E-state index in [-0.39, 0.29) is 11.5 Å². The first-order chi connectivity index (χ1) is 9.38. The molecule has 1 aromatic heterocycles. The molecular weight excluding hydrogens is 274 g/mol. The minimum Gasteiger partial charge on any atom is -0.390 e. The van der Waals surface area contributed by atoms with E-state index in [2.05, 4.69) is 10.1 Å². The van der Waals surface area contributed by atoms with Gasteiger partial charge in [0.05, 0.1) is 12.1 Å². The summed E-state index contributed by atoms with van der Waals surface area (Å²) >= 11 is 5.91. The van der Waals surface area contributed by atoms with Crippen molar-refractivity contribution in [2.24, 2.45) is 5.41 Å². The highest BCUT2D eigenvalue weighted by atomic mass is 35.5. The predicted molar refractivity (Wildman–Crippen MR) is 79.7 cm³/mol. The van der Waals surface area contributed by atoms with Crippen molar-refractivity contribution >= 4 is 11.6 Å². The van der Waals surface area contributed by atoms with Gasteiger partial charge in [0.25, 0.3) is 0 Å². The van der Waals surface area contributed by atoms with E-state index in [4.69, 9.17) is 11.6 Å². The maximum absolute atomic E-state index is 10.6. The number of nitrogens with zero attached hydrogens (tertiary/aromatic N) is 3. The van der Waals surface area contributed by atoms with Crippen molar-refractivity contribution in [3.63, 3.8) is 0 Å². The number of benzene rings is 1. The Balaban J connectivity index is 2.26. The molecule has 0 saturated heterocycles. The van der Waals surface area contributed by atoms with Gasteiger partial charge in [-0.1, -0.05) is 44.5 Å². The van der Waals surface area contributed by atoms with E-state index in [1.54, 1.807) is 11.0 Å². The standard InChI is InChI=1S/C15H20ClN3O/c1-15(2,3)14(20)13(19-10-17-9-18-19)8-11-4-6-12(16)7-5-11/h4-7,9-10,13-14,20H,8H2,1-3H3/t13?,14-/m1/s1. The topological polar surface area (TPSA) is 50.9 Å². The summed E-state index contributed by atoms with van der Waals surface area (Å²) < 4.78 is 1.73. The Kier molecular flexibility index (Phi) is 4.45. The molecule has 1 heterocycles. The summed E-state index contributed by atoms with van der Waals surface area (Å²) in [6.45, 7) is 6.05. The fourth-order valence-electron chi connectivity index (χ4n) is 2.18. The van der Waals surface area contributed by atoms with Gasteiger partial charge < -0.3 is 5.11 Å². The van der Waals surface area contributed by atoms with Crippen LogP contribution in [0.4, 0.5) is 0 Å². The first-order valence-electron chi connectivity index (χ1n) is 6.64. The lowest BCUT2D eigenvalue weighted by Crippen LogP contribution is -2.37. The smallest absolute Gasteiger partial charge is 0.137 e. The summed E-state index contributed by atoms with van der Waals surface area (Å²) in [6, 6.07) is 7.51. The van der Waals surface area contributed by atoms with E-state index in [0.717, 1.165) is 5.56 Å². The van der Waals surface area contributed by atoms with Crippen molar-refractivity contribution < 1.29 is 5.11 Å². The van der Waals surface area contributed by atoms with Crippen LogP contribution in [-0.4, -0.2) is 26.0 Å². The third kappa shape index (κ3) is 3.58. The molecule has 2 rings (SSSR count). The Hall–Kier alpha value is -1.39. The SMILES string of the molecule is CC(C)(C)[C@H](O)C(Cc1ccc(Cl)cc1)n1cncn1. The minimum atomic E-state index is -0.528. The van der Waals surface area contributed by atoms with Crippen molar-refractivity contribution in [1.29, 1.82) is 0 Å². The summed E-state index contributed by atoms with van der Waals surface area (Å²) in [5, 5.41) is 15.5. The maximum Gasteiger partial charge on any atom is 0.137 e. The van der Waals surface area contributed by atoms with Crippen molar-refractivity contribution in [2.75, 3.05) is 0 Å². The van der Waals surface area contributed by atoms with Crippen LogP contribution in [0.5, 0.6) is 0 Å². The lowest BCUT2D eigenvalue weighted by molar-refractivity contribution is 0.0124. The number of hydrogen-bond donors (Lipinski definition) is 1. The molecule has 0 fully saturated rings. The van der Waals surface area contributed by atoms with E-state index in [1.165, 1.54) is 6.33 Å². The Morgan fingerprint density at radius 2 is 1.90 bits per heavy atom. The average Bonchev–Trinajstić information content (AvgIpc) is 2.90. The first kappa shape index (κ1) is 15.0. The van der Waals surface area contributed by atoms with Gasteiger partial charge in [-0.15, -0.1) is 0 Å². The van der Waals surface area contributed by atoms with Crippen LogP contribution >= 0.6 is 11.6 Å². The molecular formula is C15H20ClN3O. The molecule has 0 aliphatic carbocycles. The number of hydrogen-bond acceptors (Lipinski definition) is 3. The largest absolute Gasteiger partial charge is 0.390 e. The van der Waals surface area contributed by atoms with Crippen LogP contribution in [0.15, 0.2) is 36.9 Å². The van der Waals surface area contributed by atoms with Gasteiger partial charge in [0.15, 0.2) is 0 Å². The zero-order chi connectivity index (χ0) is 14.8. The van der Waals surface area contributed by atoms with Crippen LogP contribution in [0.2, 0.25) is 5.02 Å². The van der Waals surface area contributed by atoms with E-state index in [9.17, 15) is 5.11 Å². The quantitative estimate of drug-likeness (QED) is 0.942. The van der Waals surface area contributed by atoms with Crippen molar-refractivity contribution in [3.8, 4) is 0 Å². The number of rotatable bonds is 4. The van der Waals surface area contributed by atoms with Crippen LogP contribution in [0.25, 0.3) is 0 Å². The van der Waals surface area contributed by atoms with Gasteiger partial charge in [-0.25, -0.2) is 9.67 Å². The third-order valence-electron chi connectivity index (χ3n) is 3.39. The van der Waals surface area contributed by atoms with Crippen molar-refractivity contribution in [3.05, 3.63) is 47.5 Å². The molecule has 0 aliphatic heterocycles. The minimum absolute atomic E-state index is 0.154. The Labute approximate surface area is 124 Å². The van der Waals surface area contributed by atoms with Crippen LogP contribution < -0.4 is 0 Å². The Bertz CT molecular complexity index is 531. The first-order valence-corrected chi connectivity index (χ1v) is 7.02. The molecule has 20 heavy (non-hydrogen) atoms. The van der Waals surface area contributed by atoms with Gasteiger partial charge in [-0.3, -0.25) is 0 Å². The van der Waals surface area contributed by atoms with Gasteiger partial charge in [-0.05, 0) is 29.5 Å². The third-order valence-corrected chi connectivity index (χ3v) is 3.64. The van der Waals surface area contributed by atoms with Gasteiger partial charge in [0.2, 0.25) is 0 Å². The van der Waals surface area contributed by atoms with Gasteiger partial charge >= 0.3 is 0 Å². The van der Waals surface area contributed by atoms with Crippen LogP contribution in [0, 0.1) is 5.41 Å². The monoisotopic (exact) mass is 293 g/mol. The lowest BCUT2D eigenvalue weighted by atomic mass is 9.82. The highest BCUT2D eigenvalue weighted by molar-refractivity contribution is 6.30. The number of aromatic nitrogens is 3. The maximum atomic E-state index is 10.6. The number of aliphatic hydroxyl groups excluding tert-OH is 1. The van der Waals surface area contributed by atoms with E-state index >= 15 is 0 Å². The highest BCUT2D eigenvalue weighted by Gasteiger charge is 2.32. The summed E-state index contributed by atoms with van der Waals surface area (Å²) in [6.07, 6.45) is 3.29. The molecule has 0 aliphatic rings. The van der Waals surface area contributed by atoms with Gasteiger partial charge in [-0.2, -0.15) is 5.10 Å². The Morgan fingerprint density at radius 1 is 1.25 bits per heavy atom. The second-order valence-electron chi connectivity index (χ2n) is 6.08. The number of halogens is 1. The van der Waals surface area contributed by atoms with Gasteiger partial charge in [0.1, 0.15) is 12.7 Å². The van der Waals surface area contributed by atoms with Crippen molar-refractivity contribution in [2.45, 2.75) is 39.3 Å². The van der Waals surface area contributed by atoms with E-state index in [0.29, 0.717) is 11.4 Å². The second kappa shape index (κ2) is 5.94. The zero-order valence-electron chi connectivity index (χ0n) is 12.0. The lowest BCUT2D eigenvalue weighted by Gasteiger charge is -2.33. The van der Waals surface area contributed by atoms with Crippen LogP contribution in [0.1, 0.15) is 32.4 Å². The summed E-state index contributed by atoms with van der Waals surface area (Å²) in [5.41, 5.74) is 0.876. The highest BCUT2D eigenvalue weighted by Crippen LogP contribution is 2.30. The Morgan fingerprint density at radius 3 is 2.40 bits per heavy atom. The molecule has 1 N–H and O–H groups in total. The molecule has 4 nitrogen and oxygen atoms in total. The molecule has 1 aromatic carbocycles. The fraction of sp³-hybridized carbons (Fsp3) is 0.467. The second-order valence-corrected chi connectivity index (χ2v) is 6.52. The normalized spacial score (nSPS) is 15.1. The van der Waals surface area contributed by atoms with E-state index in [1.807, 2.05) is 45.0 Å². The summed E-state index contributed by atoms with van der Waals surface area (Å²) in [4.78, 5) is 3.98. The average molecular weight is 294 g/mol. The van der Waals surface area contributed by atoms with Crippen LogP contribution in [-0.2, 0) is 6.42 Å². The fourth-order valence-corrected chi connectivity index (χ4v) is 2.30. The molecule has 1 unspecified atom stereocenters. The summed E-state index contributed by atoms with van der Waals surface area (Å²) in [7, 11) is 0. The molecule has 0 bridgehead atoms. The molecule has 2 atom stereocenters. The molecule has 108 valence electrons. The molecule has 0 amide bonds. The molecule has 0 spiro atoms. The van der Waals surface area contributed by atoms with E-state index < -0.39 is 6.10 Å². The van der Waals surface area contributed by atoms with Crippen LogP contribution in [0.3, 0.4) is 0 Å². The van der Waals surface area contributed by atoms with Crippen molar-refractivity contribution in [1.82, 2.24) is 14.8 Å². The zero-order valence-corrected chi connectivity index (χ0v) is 12.7. The number of aliphatic hydroxyl groups is 1. The molecule has 2 aromatic rings. The molecule has 5 heteroatoms. The molecule has 0 saturated carbocycles. The summed E-state index contributed by atoms with van der Waals surface area (Å²) in [5.74, 6) is 0. The van der Waals surface area contributed by atoms with Gasteiger partial charge in [0, 0.05) is 5.02 Å². The molecule has 0 radical (unpaired) electrons. The predicted octanol–water partition coefficient (Wildman–Crippen LogP) is 3.12.